The molecule has 3 rings (SSSR count). The van der Waals surface area contributed by atoms with Gasteiger partial charge in [-0.1, -0.05) is 43.6 Å². The molecule has 0 amide bonds. The van der Waals surface area contributed by atoms with Crippen molar-refractivity contribution in [1.29, 1.82) is 0 Å². The van der Waals surface area contributed by atoms with Crippen LogP contribution in [0.25, 0.3) is 0 Å². The van der Waals surface area contributed by atoms with Crippen molar-refractivity contribution in [3.05, 3.63) is 24.3 Å². The second-order valence-corrected chi connectivity index (χ2v) is 8.30. The number of allylic oxidation sites excluding steroid dienone is 2. The summed E-state index contributed by atoms with van der Waals surface area (Å²) in [5.41, 5.74) is 0. The predicted octanol–water partition coefficient (Wildman–Crippen LogP) is 4.48. The summed E-state index contributed by atoms with van der Waals surface area (Å²) in [6, 6.07) is 0. The first kappa shape index (κ1) is 19.6. The number of carboxylic acid groups (broad SMARTS) is 1. The van der Waals surface area contributed by atoms with Crippen LogP contribution in [0.5, 0.6) is 0 Å². The van der Waals surface area contributed by atoms with Gasteiger partial charge in [-0.3, -0.25) is 4.79 Å². The molecule has 2 saturated heterocycles. The van der Waals surface area contributed by atoms with Crippen molar-refractivity contribution < 1.29 is 19.7 Å². The highest BCUT2D eigenvalue weighted by Crippen LogP contribution is 2.46. The normalized spacial score (nSPS) is 33.4. The number of aliphatic hydroxyl groups excluding tert-OH is 1. The zero-order chi connectivity index (χ0) is 18.4. The van der Waals surface area contributed by atoms with Crippen molar-refractivity contribution in [2.24, 2.45) is 17.8 Å². The minimum atomic E-state index is -0.721. The fourth-order valence-electron chi connectivity index (χ4n) is 5.00. The molecule has 146 valence electrons. The van der Waals surface area contributed by atoms with Gasteiger partial charge in [-0.15, -0.1) is 0 Å². The van der Waals surface area contributed by atoms with Gasteiger partial charge >= 0.3 is 5.97 Å². The molecule has 0 aromatic carbocycles. The van der Waals surface area contributed by atoms with E-state index in [9.17, 15) is 9.90 Å². The van der Waals surface area contributed by atoms with E-state index in [1.165, 1.54) is 19.3 Å². The maximum absolute atomic E-state index is 10.5. The first-order chi connectivity index (χ1) is 12.6. The zero-order valence-corrected chi connectivity index (χ0v) is 15.8. The molecule has 0 aromatic rings. The first-order valence-corrected chi connectivity index (χ1v) is 10.5. The zero-order valence-electron chi connectivity index (χ0n) is 15.8. The Labute approximate surface area is 157 Å². The molecule has 2 bridgehead atoms. The van der Waals surface area contributed by atoms with Crippen LogP contribution < -0.4 is 0 Å². The molecule has 5 atom stereocenters. The molecular weight excluding hydrogens is 328 g/mol. The number of hydrogen-bond donors (Lipinski definition) is 2. The Morgan fingerprint density at radius 1 is 1.08 bits per heavy atom. The van der Waals surface area contributed by atoms with E-state index in [0.717, 1.165) is 38.5 Å². The average Bonchev–Trinajstić information content (AvgIpc) is 3.24. The van der Waals surface area contributed by atoms with Gasteiger partial charge < -0.3 is 14.9 Å². The molecule has 3 aliphatic rings. The summed E-state index contributed by atoms with van der Waals surface area (Å²) in [6.45, 7) is 0. The second-order valence-electron chi connectivity index (χ2n) is 8.30. The summed E-state index contributed by atoms with van der Waals surface area (Å²) >= 11 is 0. The maximum atomic E-state index is 10.5. The van der Waals surface area contributed by atoms with Crippen molar-refractivity contribution in [2.75, 3.05) is 0 Å². The standard InChI is InChI=1S/C22H34O4/c23-19(16-8-4-3-5-9-16)13-12-18-17(20-14-15-21(18)26-20)10-6-1-2-7-11-22(24)25/h1,6,12-13,16-21,23H,2-5,7-11,14-15H2,(H,24,25)/b6-1-,13-12+/t17?,18?,19-,20?,21?/m1/s1. The van der Waals surface area contributed by atoms with Crippen LogP contribution in [-0.2, 0) is 9.53 Å². The van der Waals surface area contributed by atoms with E-state index in [4.69, 9.17) is 9.84 Å². The Balaban J connectivity index is 1.49. The number of carboxylic acids is 1. The molecule has 0 aromatic heterocycles. The summed E-state index contributed by atoms with van der Waals surface area (Å²) in [5.74, 6) is 0.628. The molecule has 4 unspecified atom stereocenters. The largest absolute Gasteiger partial charge is 0.481 e. The Kier molecular flexibility index (Phi) is 7.32. The van der Waals surface area contributed by atoms with Gasteiger partial charge in [-0.05, 0) is 56.8 Å². The first-order valence-electron chi connectivity index (χ1n) is 10.5. The van der Waals surface area contributed by atoms with Crippen molar-refractivity contribution in [3.8, 4) is 0 Å². The molecule has 0 spiro atoms. The van der Waals surface area contributed by atoms with E-state index in [2.05, 4.69) is 18.2 Å². The number of carbonyl (C=O) groups is 1. The lowest BCUT2D eigenvalue weighted by molar-refractivity contribution is -0.137. The summed E-state index contributed by atoms with van der Waals surface area (Å²) in [5, 5.41) is 19.2. The maximum Gasteiger partial charge on any atom is 0.303 e. The van der Waals surface area contributed by atoms with Crippen molar-refractivity contribution in [1.82, 2.24) is 0 Å². The Bertz CT molecular complexity index is 506. The highest BCUT2D eigenvalue weighted by atomic mass is 16.5. The van der Waals surface area contributed by atoms with E-state index < -0.39 is 5.97 Å². The Morgan fingerprint density at radius 2 is 1.85 bits per heavy atom. The molecule has 2 heterocycles. The summed E-state index contributed by atoms with van der Waals surface area (Å²) in [4.78, 5) is 10.5. The fraction of sp³-hybridized carbons (Fsp3) is 0.773. The highest BCUT2D eigenvalue weighted by Gasteiger charge is 2.46. The summed E-state index contributed by atoms with van der Waals surface area (Å²) in [6.07, 6.45) is 20.2. The highest BCUT2D eigenvalue weighted by molar-refractivity contribution is 5.66. The van der Waals surface area contributed by atoms with Crippen LogP contribution in [0.4, 0.5) is 0 Å². The number of hydrogen-bond acceptors (Lipinski definition) is 3. The third kappa shape index (κ3) is 5.20. The van der Waals surface area contributed by atoms with Gasteiger partial charge in [0.1, 0.15) is 0 Å². The lowest BCUT2D eigenvalue weighted by atomic mass is 9.76. The van der Waals surface area contributed by atoms with Gasteiger partial charge in [0, 0.05) is 12.3 Å². The van der Waals surface area contributed by atoms with Gasteiger partial charge in [0.05, 0.1) is 18.3 Å². The van der Waals surface area contributed by atoms with Crippen LogP contribution in [0.1, 0.15) is 70.6 Å². The monoisotopic (exact) mass is 362 g/mol. The minimum Gasteiger partial charge on any atom is -0.481 e. The second kappa shape index (κ2) is 9.70. The SMILES string of the molecule is O=C(O)CCC/C=C\CC1C2CCC(O2)C1/C=C/[C@@H](O)C1CCCCC1. The van der Waals surface area contributed by atoms with Gasteiger partial charge in [-0.25, -0.2) is 0 Å². The number of aliphatic carboxylic acids is 1. The molecule has 26 heavy (non-hydrogen) atoms. The molecule has 1 aliphatic carbocycles. The molecule has 1 saturated carbocycles. The van der Waals surface area contributed by atoms with Crippen molar-refractivity contribution >= 4 is 5.97 Å². The van der Waals surface area contributed by atoms with Crippen LogP contribution in [0, 0.1) is 17.8 Å². The fourth-order valence-corrected chi connectivity index (χ4v) is 5.00. The smallest absolute Gasteiger partial charge is 0.303 e. The van der Waals surface area contributed by atoms with Crippen molar-refractivity contribution in [2.45, 2.75) is 88.9 Å². The van der Waals surface area contributed by atoms with E-state index in [-0.39, 0.29) is 12.5 Å². The Hall–Kier alpha value is -1.13. The van der Waals surface area contributed by atoms with Crippen LogP contribution in [0.15, 0.2) is 24.3 Å². The molecule has 4 nitrogen and oxygen atoms in total. The van der Waals surface area contributed by atoms with Crippen LogP contribution in [0.3, 0.4) is 0 Å². The van der Waals surface area contributed by atoms with E-state index in [0.29, 0.717) is 36.4 Å². The number of ether oxygens (including phenoxy) is 1. The van der Waals surface area contributed by atoms with Crippen LogP contribution >= 0.6 is 0 Å². The van der Waals surface area contributed by atoms with E-state index in [1.807, 2.05) is 6.08 Å². The molecule has 4 heteroatoms. The van der Waals surface area contributed by atoms with Crippen molar-refractivity contribution in [3.63, 3.8) is 0 Å². The Morgan fingerprint density at radius 3 is 2.62 bits per heavy atom. The average molecular weight is 363 g/mol. The number of rotatable bonds is 9. The van der Waals surface area contributed by atoms with Gasteiger partial charge in [0.15, 0.2) is 0 Å². The quantitative estimate of drug-likeness (QED) is 0.469. The molecular formula is C22H34O4. The van der Waals surface area contributed by atoms with Crippen LogP contribution in [0.2, 0.25) is 0 Å². The van der Waals surface area contributed by atoms with Gasteiger partial charge in [-0.2, -0.15) is 0 Å². The predicted molar refractivity (Wildman–Crippen MR) is 102 cm³/mol. The lowest BCUT2D eigenvalue weighted by Gasteiger charge is -2.27. The molecule has 2 N–H and O–H groups in total. The number of aliphatic hydroxyl groups is 1. The third-order valence-corrected chi connectivity index (χ3v) is 6.49. The van der Waals surface area contributed by atoms with Gasteiger partial charge in [0.2, 0.25) is 0 Å². The van der Waals surface area contributed by atoms with E-state index >= 15 is 0 Å². The minimum absolute atomic E-state index is 0.242. The third-order valence-electron chi connectivity index (χ3n) is 6.49. The number of unbranched alkanes of at least 4 members (excludes halogenated alkanes) is 1. The van der Waals surface area contributed by atoms with Crippen LogP contribution in [-0.4, -0.2) is 34.5 Å². The summed E-state index contributed by atoms with van der Waals surface area (Å²) in [7, 11) is 0. The van der Waals surface area contributed by atoms with Gasteiger partial charge in [0.25, 0.3) is 0 Å². The van der Waals surface area contributed by atoms with E-state index in [1.54, 1.807) is 0 Å². The molecule has 3 fully saturated rings. The topological polar surface area (TPSA) is 66.8 Å². The number of fused-ring (bicyclic) bond motifs is 2. The molecule has 2 aliphatic heterocycles. The summed E-state index contributed by atoms with van der Waals surface area (Å²) < 4.78 is 6.14. The molecule has 0 radical (unpaired) electrons. The lowest BCUT2D eigenvalue weighted by Crippen LogP contribution is -2.26.